The van der Waals surface area contributed by atoms with E-state index in [0.717, 1.165) is 55.4 Å². The molecule has 4 heteroatoms. The van der Waals surface area contributed by atoms with E-state index in [9.17, 15) is 5.26 Å². The molecule has 0 amide bonds. The average Bonchev–Trinajstić information content (AvgIpc) is 2.94. The maximum absolute atomic E-state index is 9.22. The summed E-state index contributed by atoms with van der Waals surface area (Å²) in [5, 5.41) is 11.4. The molecule has 0 saturated carbocycles. The molecule has 0 spiro atoms. The van der Waals surface area contributed by atoms with Gasteiger partial charge >= 0.3 is 0 Å². The van der Waals surface area contributed by atoms with Gasteiger partial charge in [-0.25, -0.2) is 0 Å². The molecule has 0 fully saturated rings. The molecule has 0 unspecified atom stereocenters. The fourth-order valence-corrected chi connectivity index (χ4v) is 4.14. The quantitative estimate of drug-likeness (QED) is 0.398. The standard InChI is InChI=1S/C25H16BrNO2/c26-18-8-5-17(6-9-18)23-15-19(11-13-27)29-25-21(23)12-14-28-24-20-4-2-1-3-16(20)7-10-22(24)25/h1-11,15H,12,14H2/b19-11-. The van der Waals surface area contributed by atoms with Crippen LogP contribution in [0.15, 0.2) is 88.6 Å². The van der Waals surface area contributed by atoms with Gasteiger partial charge < -0.3 is 9.47 Å². The Balaban J connectivity index is 1.75. The second-order valence-electron chi connectivity index (χ2n) is 6.91. The fraction of sp³-hybridized carbons (Fsp3) is 0.0800. The molecule has 140 valence electrons. The predicted octanol–water partition coefficient (Wildman–Crippen LogP) is 6.62. The zero-order valence-electron chi connectivity index (χ0n) is 15.5. The number of fused-ring (bicyclic) bond motifs is 4. The molecule has 0 aromatic heterocycles. The van der Waals surface area contributed by atoms with Gasteiger partial charge in [-0.1, -0.05) is 58.4 Å². The van der Waals surface area contributed by atoms with Gasteiger partial charge in [0.25, 0.3) is 0 Å². The Bertz CT molecular complexity index is 1260. The van der Waals surface area contributed by atoms with Gasteiger partial charge in [-0.2, -0.15) is 5.26 Å². The number of allylic oxidation sites excluding steroid dienone is 3. The highest BCUT2D eigenvalue weighted by atomic mass is 79.9. The van der Waals surface area contributed by atoms with Crippen molar-refractivity contribution >= 4 is 38.0 Å². The van der Waals surface area contributed by atoms with Crippen LogP contribution in [-0.2, 0) is 4.74 Å². The van der Waals surface area contributed by atoms with Crippen molar-refractivity contribution < 1.29 is 9.47 Å². The van der Waals surface area contributed by atoms with E-state index in [0.29, 0.717) is 12.4 Å². The van der Waals surface area contributed by atoms with Crippen molar-refractivity contribution in [3.63, 3.8) is 0 Å². The number of nitrogens with zero attached hydrogens (tertiary/aromatic N) is 1. The zero-order valence-corrected chi connectivity index (χ0v) is 17.1. The number of hydrogen-bond donors (Lipinski definition) is 0. The van der Waals surface area contributed by atoms with Crippen molar-refractivity contribution in [1.82, 2.24) is 0 Å². The molecule has 2 heterocycles. The summed E-state index contributed by atoms with van der Waals surface area (Å²) < 4.78 is 13.5. The summed E-state index contributed by atoms with van der Waals surface area (Å²) in [7, 11) is 0. The third kappa shape index (κ3) is 3.14. The second-order valence-corrected chi connectivity index (χ2v) is 7.83. The number of hydrogen-bond acceptors (Lipinski definition) is 3. The van der Waals surface area contributed by atoms with Gasteiger partial charge in [0.2, 0.25) is 0 Å². The summed E-state index contributed by atoms with van der Waals surface area (Å²) in [5.41, 5.74) is 4.15. The molecule has 0 radical (unpaired) electrons. The summed E-state index contributed by atoms with van der Waals surface area (Å²) in [6, 6.07) is 22.6. The summed E-state index contributed by atoms with van der Waals surface area (Å²) in [6.07, 6.45) is 4.10. The highest BCUT2D eigenvalue weighted by Crippen LogP contribution is 2.45. The molecule has 0 N–H and O–H groups in total. The predicted molar refractivity (Wildman–Crippen MR) is 118 cm³/mol. The minimum atomic E-state index is 0.533. The Labute approximate surface area is 177 Å². The number of halogens is 1. The first-order chi connectivity index (χ1) is 14.2. The Kier molecular flexibility index (Phi) is 4.46. The highest BCUT2D eigenvalue weighted by Gasteiger charge is 2.28. The summed E-state index contributed by atoms with van der Waals surface area (Å²) in [6.45, 7) is 0.564. The Morgan fingerprint density at radius 3 is 2.66 bits per heavy atom. The van der Waals surface area contributed by atoms with E-state index in [4.69, 9.17) is 9.47 Å². The van der Waals surface area contributed by atoms with E-state index < -0.39 is 0 Å². The summed E-state index contributed by atoms with van der Waals surface area (Å²) >= 11 is 3.50. The van der Waals surface area contributed by atoms with E-state index in [1.807, 2.05) is 36.4 Å². The maximum atomic E-state index is 9.22. The lowest BCUT2D eigenvalue weighted by molar-refractivity contribution is 0.329. The normalized spacial score (nSPS) is 16.8. The van der Waals surface area contributed by atoms with Gasteiger partial charge in [0, 0.05) is 21.9 Å². The van der Waals surface area contributed by atoms with Crippen LogP contribution in [0.4, 0.5) is 0 Å². The highest BCUT2D eigenvalue weighted by molar-refractivity contribution is 9.10. The third-order valence-corrected chi connectivity index (χ3v) is 5.72. The van der Waals surface area contributed by atoms with Crippen LogP contribution in [0.25, 0.3) is 22.1 Å². The van der Waals surface area contributed by atoms with E-state index in [-0.39, 0.29) is 0 Å². The van der Waals surface area contributed by atoms with Crippen LogP contribution in [-0.4, -0.2) is 6.61 Å². The van der Waals surface area contributed by atoms with E-state index >= 15 is 0 Å². The Morgan fingerprint density at radius 2 is 1.83 bits per heavy atom. The lowest BCUT2D eigenvalue weighted by Crippen LogP contribution is -2.05. The third-order valence-electron chi connectivity index (χ3n) is 5.19. The fourth-order valence-electron chi connectivity index (χ4n) is 3.88. The number of ether oxygens (including phenoxy) is 2. The van der Waals surface area contributed by atoms with E-state index in [1.54, 1.807) is 0 Å². The first kappa shape index (κ1) is 17.8. The Hall–Kier alpha value is -3.29. The van der Waals surface area contributed by atoms with Gasteiger partial charge in [-0.15, -0.1) is 0 Å². The first-order valence-corrected chi connectivity index (χ1v) is 10.2. The van der Waals surface area contributed by atoms with Crippen LogP contribution in [0.2, 0.25) is 0 Å². The molecular weight excluding hydrogens is 426 g/mol. The zero-order chi connectivity index (χ0) is 19.8. The van der Waals surface area contributed by atoms with Gasteiger partial charge in [-0.05, 0) is 40.8 Å². The number of rotatable bonds is 1. The molecule has 29 heavy (non-hydrogen) atoms. The molecule has 5 rings (SSSR count). The maximum Gasteiger partial charge on any atom is 0.142 e. The van der Waals surface area contributed by atoms with Gasteiger partial charge in [0.1, 0.15) is 17.3 Å². The molecule has 2 aliphatic heterocycles. The number of nitriles is 1. The van der Waals surface area contributed by atoms with Crippen molar-refractivity contribution in [3.05, 3.63) is 99.7 Å². The van der Waals surface area contributed by atoms with Crippen LogP contribution in [0.3, 0.4) is 0 Å². The lowest BCUT2D eigenvalue weighted by Gasteiger charge is -2.23. The molecule has 2 aliphatic rings. The van der Waals surface area contributed by atoms with E-state index in [1.165, 1.54) is 6.08 Å². The van der Waals surface area contributed by atoms with Crippen molar-refractivity contribution in [2.45, 2.75) is 6.42 Å². The van der Waals surface area contributed by atoms with Crippen LogP contribution >= 0.6 is 15.9 Å². The van der Waals surface area contributed by atoms with Gasteiger partial charge in [-0.3, -0.25) is 0 Å². The monoisotopic (exact) mass is 441 g/mol. The van der Waals surface area contributed by atoms with Gasteiger partial charge in [0.05, 0.1) is 24.3 Å². The average molecular weight is 442 g/mol. The van der Waals surface area contributed by atoms with Gasteiger partial charge in [0.15, 0.2) is 0 Å². The summed E-state index contributed by atoms with van der Waals surface area (Å²) in [5.74, 6) is 2.14. The Morgan fingerprint density at radius 1 is 1.00 bits per heavy atom. The molecule has 0 bridgehead atoms. The van der Waals surface area contributed by atoms with Crippen LogP contribution in [0.1, 0.15) is 17.5 Å². The SMILES string of the molecule is N#C/C=C1/C=C(c2ccc(Br)cc2)C2=C(O1)c1ccc3ccccc3c1OCC2. The van der Waals surface area contributed by atoms with Crippen molar-refractivity contribution in [3.8, 4) is 11.8 Å². The van der Waals surface area contributed by atoms with Crippen LogP contribution < -0.4 is 4.74 Å². The topological polar surface area (TPSA) is 42.2 Å². The number of benzene rings is 3. The minimum Gasteiger partial charge on any atom is -0.492 e. The lowest BCUT2D eigenvalue weighted by atomic mass is 9.90. The minimum absolute atomic E-state index is 0.533. The molecular formula is C25H16BrNO2. The van der Waals surface area contributed by atoms with Crippen LogP contribution in [0.5, 0.6) is 5.75 Å². The summed E-state index contributed by atoms with van der Waals surface area (Å²) in [4.78, 5) is 0. The molecule has 0 saturated heterocycles. The molecule has 3 nitrogen and oxygen atoms in total. The first-order valence-electron chi connectivity index (χ1n) is 9.38. The second kappa shape index (κ2) is 7.27. The van der Waals surface area contributed by atoms with Crippen molar-refractivity contribution in [1.29, 1.82) is 5.26 Å². The smallest absolute Gasteiger partial charge is 0.142 e. The molecule has 3 aromatic carbocycles. The van der Waals surface area contributed by atoms with Crippen molar-refractivity contribution in [2.24, 2.45) is 0 Å². The van der Waals surface area contributed by atoms with Crippen LogP contribution in [0, 0.1) is 11.3 Å². The molecule has 3 aromatic rings. The molecule has 0 atom stereocenters. The van der Waals surface area contributed by atoms with E-state index in [2.05, 4.69) is 52.3 Å². The largest absolute Gasteiger partial charge is 0.492 e. The van der Waals surface area contributed by atoms with Crippen molar-refractivity contribution in [2.75, 3.05) is 6.61 Å². The molecule has 0 aliphatic carbocycles.